The van der Waals surface area contributed by atoms with Crippen molar-refractivity contribution in [2.24, 2.45) is 5.73 Å². The van der Waals surface area contributed by atoms with Crippen molar-refractivity contribution in [3.05, 3.63) is 21.9 Å². The summed E-state index contributed by atoms with van der Waals surface area (Å²) in [5.74, 6) is -0.470. The van der Waals surface area contributed by atoms with Gasteiger partial charge in [0.25, 0.3) is 0 Å². The minimum absolute atomic E-state index is 0.132. The quantitative estimate of drug-likeness (QED) is 0.754. The van der Waals surface area contributed by atoms with E-state index in [-0.39, 0.29) is 6.42 Å². The molecular weight excluding hydrogens is 265 g/mol. The lowest BCUT2D eigenvalue weighted by Gasteiger charge is -2.06. The van der Waals surface area contributed by atoms with Gasteiger partial charge in [-0.05, 0) is 25.5 Å². The number of nitrogens with one attached hydrogen (secondary N) is 1. The second-order valence-corrected chi connectivity index (χ2v) is 4.91. The molecular formula is C11H15F3N2OS. The molecule has 1 rings (SSSR count). The van der Waals surface area contributed by atoms with Crippen LogP contribution in [0.4, 0.5) is 13.2 Å². The van der Waals surface area contributed by atoms with Gasteiger partial charge in [-0.25, -0.2) is 0 Å². The Morgan fingerprint density at radius 3 is 2.67 bits per heavy atom. The molecule has 7 heteroatoms. The summed E-state index contributed by atoms with van der Waals surface area (Å²) in [5, 5.41) is 4.70. The van der Waals surface area contributed by atoms with Crippen molar-refractivity contribution in [1.82, 2.24) is 5.32 Å². The Morgan fingerprint density at radius 2 is 2.11 bits per heavy atom. The molecule has 0 aliphatic heterocycles. The van der Waals surface area contributed by atoms with Crippen molar-refractivity contribution in [2.45, 2.75) is 32.0 Å². The van der Waals surface area contributed by atoms with E-state index >= 15 is 0 Å². The SMILES string of the molecule is NC(=O)c1csc(CNCCCCC(F)(F)F)c1. The van der Waals surface area contributed by atoms with Crippen LogP contribution >= 0.6 is 11.3 Å². The molecule has 0 aliphatic rings. The first-order valence-electron chi connectivity index (χ1n) is 5.53. The highest BCUT2D eigenvalue weighted by molar-refractivity contribution is 7.10. The van der Waals surface area contributed by atoms with E-state index in [4.69, 9.17) is 5.73 Å². The van der Waals surface area contributed by atoms with Crippen LogP contribution in [0.3, 0.4) is 0 Å². The fourth-order valence-electron chi connectivity index (χ4n) is 1.39. The maximum atomic E-state index is 11.8. The number of primary amides is 1. The summed E-state index contributed by atoms with van der Waals surface area (Å²) < 4.78 is 35.5. The van der Waals surface area contributed by atoms with Gasteiger partial charge in [0.15, 0.2) is 0 Å². The first-order valence-corrected chi connectivity index (χ1v) is 6.41. The largest absolute Gasteiger partial charge is 0.389 e. The highest BCUT2D eigenvalue weighted by Crippen LogP contribution is 2.21. The second kappa shape index (κ2) is 6.75. The normalized spacial score (nSPS) is 11.7. The number of rotatable bonds is 7. The molecule has 0 aliphatic carbocycles. The molecule has 1 aromatic rings. The lowest BCUT2D eigenvalue weighted by atomic mass is 10.2. The van der Waals surface area contributed by atoms with E-state index in [9.17, 15) is 18.0 Å². The number of hydrogen-bond acceptors (Lipinski definition) is 3. The average Bonchev–Trinajstić information content (AvgIpc) is 2.70. The third-order valence-electron chi connectivity index (χ3n) is 2.30. The van der Waals surface area contributed by atoms with Crippen LogP contribution in [-0.2, 0) is 6.54 Å². The standard InChI is InChI=1S/C11H15F3N2OS/c12-11(13,14)3-1-2-4-16-6-9-5-8(7-18-9)10(15)17/h5,7,16H,1-4,6H2,(H2,15,17). The third-order valence-corrected chi connectivity index (χ3v) is 3.24. The molecule has 0 atom stereocenters. The van der Waals surface area contributed by atoms with Gasteiger partial charge in [0.2, 0.25) is 5.91 Å². The number of hydrogen-bond donors (Lipinski definition) is 2. The Kier molecular flexibility index (Phi) is 5.61. The monoisotopic (exact) mass is 280 g/mol. The Labute approximate surface area is 107 Å². The minimum atomic E-state index is -4.07. The van der Waals surface area contributed by atoms with Gasteiger partial charge in [-0.15, -0.1) is 11.3 Å². The van der Waals surface area contributed by atoms with E-state index in [0.29, 0.717) is 25.1 Å². The van der Waals surface area contributed by atoms with Crippen LogP contribution in [-0.4, -0.2) is 18.6 Å². The Bertz CT molecular complexity index is 390. The highest BCUT2D eigenvalue weighted by atomic mass is 32.1. The molecule has 0 spiro atoms. The predicted molar refractivity (Wildman–Crippen MR) is 64.4 cm³/mol. The van der Waals surface area contributed by atoms with Crippen LogP contribution in [0.25, 0.3) is 0 Å². The van der Waals surface area contributed by atoms with Gasteiger partial charge in [-0.1, -0.05) is 0 Å². The summed E-state index contributed by atoms with van der Waals surface area (Å²) >= 11 is 1.40. The van der Waals surface area contributed by atoms with E-state index < -0.39 is 18.5 Å². The van der Waals surface area contributed by atoms with Crippen molar-refractivity contribution in [3.8, 4) is 0 Å². The summed E-state index contributed by atoms with van der Waals surface area (Å²) in [5.41, 5.74) is 5.57. The fourth-order valence-corrected chi connectivity index (χ4v) is 2.23. The molecule has 3 nitrogen and oxygen atoms in total. The topological polar surface area (TPSA) is 55.1 Å². The second-order valence-electron chi connectivity index (χ2n) is 3.92. The van der Waals surface area contributed by atoms with Gasteiger partial charge in [0.05, 0.1) is 5.56 Å². The molecule has 0 unspecified atom stereocenters. The lowest BCUT2D eigenvalue weighted by molar-refractivity contribution is -0.135. The van der Waals surface area contributed by atoms with Crippen LogP contribution in [0.2, 0.25) is 0 Å². The van der Waals surface area contributed by atoms with E-state index in [1.54, 1.807) is 11.4 Å². The molecule has 102 valence electrons. The zero-order valence-corrected chi connectivity index (χ0v) is 10.5. The molecule has 1 amide bonds. The molecule has 0 radical (unpaired) electrons. The smallest absolute Gasteiger partial charge is 0.366 e. The maximum Gasteiger partial charge on any atom is 0.389 e. The number of carbonyl (C=O) groups is 1. The average molecular weight is 280 g/mol. The number of halogens is 3. The zero-order chi connectivity index (χ0) is 13.6. The molecule has 0 saturated carbocycles. The number of amides is 1. The number of nitrogens with two attached hydrogens (primary N) is 1. The van der Waals surface area contributed by atoms with Crippen molar-refractivity contribution in [2.75, 3.05) is 6.54 Å². The zero-order valence-electron chi connectivity index (χ0n) is 9.72. The van der Waals surface area contributed by atoms with Gasteiger partial charge in [0.1, 0.15) is 0 Å². The van der Waals surface area contributed by atoms with E-state index in [1.807, 2.05) is 0 Å². The lowest BCUT2D eigenvalue weighted by Crippen LogP contribution is -2.15. The summed E-state index contributed by atoms with van der Waals surface area (Å²) in [6, 6.07) is 1.69. The third kappa shape index (κ3) is 6.02. The van der Waals surface area contributed by atoms with E-state index in [0.717, 1.165) is 4.88 Å². The van der Waals surface area contributed by atoms with Crippen molar-refractivity contribution in [3.63, 3.8) is 0 Å². The van der Waals surface area contributed by atoms with Gasteiger partial charge >= 0.3 is 6.18 Å². The molecule has 0 fully saturated rings. The Hall–Kier alpha value is -1.08. The fraction of sp³-hybridized carbons (Fsp3) is 0.545. The summed E-state index contributed by atoms with van der Waals surface area (Å²) in [6.45, 7) is 1.07. The predicted octanol–water partition coefficient (Wildman–Crippen LogP) is 2.67. The Balaban J connectivity index is 2.12. The van der Waals surface area contributed by atoms with Crippen molar-refractivity contribution < 1.29 is 18.0 Å². The molecule has 0 saturated heterocycles. The van der Waals surface area contributed by atoms with Crippen LogP contribution in [0, 0.1) is 0 Å². The minimum Gasteiger partial charge on any atom is -0.366 e. The van der Waals surface area contributed by atoms with Crippen LogP contribution in [0.1, 0.15) is 34.5 Å². The summed E-state index contributed by atoms with van der Waals surface area (Å²) in [7, 11) is 0. The number of carbonyl (C=O) groups excluding carboxylic acids is 1. The number of thiophene rings is 1. The van der Waals surface area contributed by atoms with Crippen molar-refractivity contribution in [1.29, 1.82) is 0 Å². The molecule has 1 aromatic heterocycles. The van der Waals surface area contributed by atoms with Gasteiger partial charge in [0, 0.05) is 23.2 Å². The summed E-state index contributed by atoms with van der Waals surface area (Å²) in [6.07, 6.45) is -4.19. The molecule has 0 bridgehead atoms. The van der Waals surface area contributed by atoms with E-state index in [2.05, 4.69) is 5.32 Å². The maximum absolute atomic E-state index is 11.8. The van der Waals surface area contributed by atoms with Gasteiger partial charge < -0.3 is 11.1 Å². The van der Waals surface area contributed by atoms with Crippen molar-refractivity contribution >= 4 is 17.2 Å². The van der Waals surface area contributed by atoms with Crippen LogP contribution in [0.5, 0.6) is 0 Å². The van der Waals surface area contributed by atoms with Gasteiger partial charge in [-0.3, -0.25) is 4.79 Å². The number of unbranched alkanes of at least 4 members (excludes halogenated alkanes) is 1. The van der Waals surface area contributed by atoms with Crippen LogP contribution < -0.4 is 11.1 Å². The van der Waals surface area contributed by atoms with E-state index in [1.165, 1.54) is 11.3 Å². The first kappa shape index (κ1) is 15.0. The molecule has 3 N–H and O–H groups in total. The van der Waals surface area contributed by atoms with Crippen LogP contribution in [0.15, 0.2) is 11.4 Å². The molecule has 1 heterocycles. The Morgan fingerprint density at radius 1 is 1.39 bits per heavy atom. The molecule has 0 aromatic carbocycles. The summed E-state index contributed by atoms with van der Waals surface area (Å²) in [4.78, 5) is 11.8. The first-order chi connectivity index (χ1) is 8.38. The molecule has 18 heavy (non-hydrogen) atoms. The highest BCUT2D eigenvalue weighted by Gasteiger charge is 2.25. The number of alkyl halides is 3. The van der Waals surface area contributed by atoms with Gasteiger partial charge in [-0.2, -0.15) is 13.2 Å².